The molecule has 0 aromatic carbocycles. The standard InChI is InChI=1S/C14H23N3/c1-3-14(4-2)17-8-7-13(16-17)10-11-5-6-12(15)9-11/h7-9,12,14H,3-6,10,15H2,1-2H3. The van der Waals surface area contributed by atoms with Gasteiger partial charge in [-0.3, -0.25) is 4.68 Å². The molecule has 1 atom stereocenters. The van der Waals surface area contributed by atoms with Crippen molar-refractivity contribution in [2.45, 2.75) is 58.0 Å². The van der Waals surface area contributed by atoms with Gasteiger partial charge in [-0.1, -0.05) is 25.5 Å². The maximum atomic E-state index is 5.87. The number of hydrogen-bond acceptors (Lipinski definition) is 2. The van der Waals surface area contributed by atoms with Gasteiger partial charge >= 0.3 is 0 Å². The smallest absolute Gasteiger partial charge is 0.0665 e. The summed E-state index contributed by atoms with van der Waals surface area (Å²) in [6.45, 7) is 4.43. The summed E-state index contributed by atoms with van der Waals surface area (Å²) in [5.41, 5.74) is 8.50. The van der Waals surface area contributed by atoms with Crippen molar-refractivity contribution >= 4 is 0 Å². The van der Waals surface area contributed by atoms with Crippen molar-refractivity contribution in [3.05, 3.63) is 29.6 Å². The van der Waals surface area contributed by atoms with E-state index in [1.54, 1.807) is 0 Å². The zero-order valence-corrected chi connectivity index (χ0v) is 10.9. The Bertz CT molecular complexity index is 388. The van der Waals surface area contributed by atoms with Crippen molar-refractivity contribution in [1.29, 1.82) is 0 Å². The van der Waals surface area contributed by atoms with E-state index in [9.17, 15) is 0 Å². The predicted molar refractivity (Wildman–Crippen MR) is 70.8 cm³/mol. The molecule has 0 aliphatic heterocycles. The second-order valence-electron chi connectivity index (χ2n) is 4.96. The molecule has 2 N–H and O–H groups in total. The minimum atomic E-state index is 0.270. The molecule has 0 saturated carbocycles. The molecule has 0 fully saturated rings. The van der Waals surface area contributed by atoms with E-state index in [2.05, 4.69) is 42.0 Å². The molecule has 1 unspecified atom stereocenters. The van der Waals surface area contributed by atoms with Crippen LogP contribution in [0.15, 0.2) is 23.9 Å². The van der Waals surface area contributed by atoms with Gasteiger partial charge in [0.2, 0.25) is 0 Å². The molecule has 17 heavy (non-hydrogen) atoms. The summed E-state index contributed by atoms with van der Waals surface area (Å²) in [7, 11) is 0. The second kappa shape index (κ2) is 5.50. The molecule has 3 nitrogen and oxygen atoms in total. The third kappa shape index (κ3) is 2.97. The molecule has 0 spiro atoms. The van der Waals surface area contributed by atoms with Crippen molar-refractivity contribution in [2.24, 2.45) is 5.73 Å². The molecule has 1 aromatic rings. The number of nitrogens with zero attached hydrogens (tertiary/aromatic N) is 2. The van der Waals surface area contributed by atoms with Gasteiger partial charge in [0.1, 0.15) is 0 Å². The number of allylic oxidation sites excluding steroid dienone is 1. The molecule has 0 radical (unpaired) electrons. The molecule has 3 heteroatoms. The lowest BCUT2D eigenvalue weighted by Crippen LogP contribution is -2.11. The third-order valence-corrected chi connectivity index (χ3v) is 3.64. The van der Waals surface area contributed by atoms with Crippen LogP contribution in [-0.2, 0) is 6.42 Å². The molecular weight excluding hydrogens is 210 g/mol. The molecule has 0 saturated heterocycles. The van der Waals surface area contributed by atoms with E-state index >= 15 is 0 Å². The van der Waals surface area contributed by atoms with E-state index in [-0.39, 0.29) is 6.04 Å². The van der Waals surface area contributed by atoms with Gasteiger partial charge in [0.15, 0.2) is 0 Å². The van der Waals surface area contributed by atoms with Gasteiger partial charge in [-0.05, 0) is 31.7 Å². The van der Waals surface area contributed by atoms with Crippen molar-refractivity contribution in [3.63, 3.8) is 0 Å². The highest BCUT2D eigenvalue weighted by molar-refractivity contribution is 5.19. The largest absolute Gasteiger partial charge is 0.324 e. The molecular formula is C14H23N3. The van der Waals surface area contributed by atoms with Gasteiger partial charge in [-0.15, -0.1) is 0 Å². The van der Waals surface area contributed by atoms with Gasteiger partial charge in [0.25, 0.3) is 0 Å². The summed E-state index contributed by atoms with van der Waals surface area (Å²) in [6.07, 6.45) is 9.82. The van der Waals surface area contributed by atoms with Crippen molar-refractivity contribution < 1.29 is 0 Å². The van der Waals surface area contributed by atoms with Crippen LogP contribution >= 0.6 is 0 Å². The molecule has 1 aliphatic carbocycles. The third-order valence-electron chi connectivity index (χ3n) is 3.64. The molecule has 1 aliphatic rings. The number of rotatable bonds is 5. The number of hydrogen-bond donors (Lipinski definition) is 1. The normalized spacial score (nSPS) is 20.0. The monoisotopic (exact) mass is 233 g/mol. The maximum Gasteiger partial charge on any atom is 0.0665 e. The van der Waals surface area contributed by atoms with Crippen molar-refractivity contribution in [3.8, 4) is 0 Å². The van der Waals surface area contributed by atoms with Crippen LogP contribution in [0.4, 0.5) is 0 Å². The summed E-state index contributed by atoms with van der Waals surface area (Å²) >= 11 is 0. The van der Waals surface area contributed by atoms with Crippen molar-refractivity contribution in [1.82, 2.24) is 9.78 Å². The molecule has 2 rings (SSSR count). The molecule has 0 amide bonds. The van der Waals surface area contributed by atoms with Crippen LogP contribution < -0.4 is 5.73 Å². The lowest BCUT2D eigenvalue weighted by atomic mass is 10.1. The van der Waals surface area contributed by atoms with E-state index in [4.69, 9.17) is 5.73 Å². The topological polar surface area (TPSA) is 43.8 Å². The van der Waals surface area contributed by atoms with E-state index in [0.717, 1.165) is 32.1 Å². The molecule has 1 heterocycles. The lowest BCUT2D eigenvalue weighted by Gasteiger charge is -2.12. The first-order valence-electron chi connectivity index (χ1n) is 6.72. The Balaban J connectivity index is 2.01. The maximum absolute atomic E-state index is 5.87. The number of aromatic nitrogens is 2. The SMILES string of the molecule is CCC(CC)n1ccc(CC2=CC(N)CC2)n1. The average molecular weight is 233 g/mol. The molecule has 1 aromatic heterocycles. The quantitative estimate of drug-likeness (QED) is 0.795. The van der Waals surface area contributed by atoms with Crippen LogP contribution in [0, 0.1) is 0 Å². The highest BCUT2D eigenvalue weighted by Gasteiger charge is 2.14. The fraction of sp³-hybridized carbons (Fsp3) is 0.643. The average Bonchev–Trinajstić information content (AvgIpc) is 2.91. The Morgan fingerprint density at radius 1 is 1.47 bits per heavy atom. The minimum Gasteiger partial charge on any atom is -0.324 e. The fourth-order valence-corrected chi connectivity index (χ4v) is 2.54. The van der Waals surface area contributed by atoms with Crippen LogP contribution in [0.3, 0.4) is 0 Å². The van der Waals surface area contributed by atoms with E-state index in [0.29, 0.717) is 6.04 Å². The minimum absolute atomic E-state index is 0.270. The lowest BCUT2D eigenvalue weighted by molar-refractivity contribution is 0.426. The first kappa shape index (κ1) is 12.4. The van der Waals surface area contributed by atoms with E-state index < -0.39 is 0 Å². The van der Waals surface area contributed by atoms with Gasteiger partial charge in [-0.25, -0.2) is 0 Å². The van der Waals surface area contributed by atoms with E-state index in [1.165, 1.54) is 11.3 Å². The van der Waals surface area contributed by atoms with E-state index in [1.807, 2.05) is 0 Å². The Morgan fingerprint density at radius 2 is 2.24 bits per heavy atom. The summed E-state index contributed by atoms with van der Waals surface area (Å²) in [6, 6.07) is 2.96. The number of nitrogens with two attached hydrogens (primary N) is 1. The Labute approximate surface area is 104 Å². The van der Waals surface area contributed by atoms with Crippen molar-refractivity contribution in [2.75, 3.05) is 0 Å². The second-order valence-corrected chi connectivity index (χ2v) is 4.96. The summed E-state index contributed by atoms with van der Waals surface area (Å²) < 4.78 is 2.12. The van der Waals surface area contributed by atoms with Crippen LogP contribution in [-0.4, -0.2) is 15.8 Å². The summed E-state index contributed by atoms with van der Waals surface area (Å²) in [5, 5.41) is 4.68. The highest BCUT2D eigenvalue weighted by atomic mass is 15.3. The Morgan fingerprint density at radius 3 is 2.82 bits per heavy atom. The molecule has 94 valence electrons. The molecule has 0 bridgehead atoms. The van der Waals surface area contributed by atoms with Crippen LogP contribution in [0.2, 0.25) is 0 Å². The summed E-state index contributed by atoms with van der Waals surface area (Å²) in [4.78, 5) is 0. The zero-order valence-electron chi connectivity index (χ0n) is 10.9. The van der Waals surface area contributed by atoms with Gasteiger partial charge in [0, 0.05) is 18.7 Å². The predicted octanol–water partition coefficient (Wildman–Crippen LogP) is 2.83. The first-order valence-corrected chi connectivity index (χ1v) is 6.72. The van der Waals surface area contributed by atoms with Gasteiger partial charge in [-0.2, -0.15) is 5.10 Å². The highest BCUT2D eigenvalue weighted by Crippen LogP contribution is 2.21. The van der Waals surface area contributed by atoms with Crippen LogP contribution in [0.1, 0.15) is 51.3 Å². The van der Waals surface area contributed by atoms with Gasteiger partial charge in [0.05, 0.1) is 11.7 Å². The Hall–Kier alpha value is -1.09. The fourth-order valence-electron chi connectivity index (χ4n) is 2.54. The summed E-state index contributed by atoms with van der Waals surface area (Å²) in [5.74, 6) is 0. The first-order chi connectivity index (χ1) is 8.22. The zero-order chi connectivity index (χ0) is 12.3. The van der Waals surface area contributed by atoms with Crippen LogP contribution in [0.25, 0.3) is 0 Å². The Kier molecular flexibility index (Phi) is 4.00. The van der Waals surface area contributed by atoms with Gasteiger partial charge < -0.3 is 5.73 Å². The van der Waals surface area contributed by atoms with Crippen LogP contribution in [0.5, 0.6) is 0 Å².